The van der Waals surface area contributed by atoms with Crippen LogP contribution in [0.25, 0.3) is 0 Å². The van der Waals surface area contributed by atoms with E-state index in [0.717, 1.165) is 25.5 Å². The third kappa shape index (κ3) is 9.72. The summed E-state index contributed by atoms with van der Waals surface area (Å²) in [6, 6.07) is 4.69. The van der Waals surface area contributed by atoms with Crippen molar-refractivity contribution in [3.8, 4) is 11.5 Å². The highest BCUT2D eigenvalue weighted by molar-refractivity contribution is 14.0. The minimum absolute atomic E-state index is 0. The first-order chi connectivity index (χ1) is 13.1. The molecule has 1 saturated carbocycles. The quantitative estimate of drug-likeness (QED) is 0.193. The summed E-state index contributed by atoms with van der Waals surface area (Å²) in [6.07, 6.45) is 3.45. The standard InChI is InChI=1S/C19H29F2N3O3.HI/c1-3-22-19(23-9-4-10-26-13-14-5-6-14)24-12-15-11-16(25-2)7-8-17(15)27-18(20)21;/h7-8,11,14,18H,3-6,9-10,12-13H2,1-2H3,(H2,22,23,24);1H. The Hall–Kier alpha value is -1.36. The van der Waals surface area contributed by atoms with Crippen LogP contribution in [0.5, 0.6) is 11.5 Å². The van der Waals surface area contributed by atoms with E-state index >= 15 is 0 Å². The topological polar surface area (TPSA) is 64.1 Å². The highest BCUT2D eigenvalue weighted by Crippen LogP contribution is 2.28. The summed E-state index contributed by atoms with van der Waals surface area (Å²) < 4.78 is 40.5. The Kier molecular flexibility index (Phi) is 12.1. The van der Waals surface area contributed by atoms with Gasteiger partial charge in [-0.1, -0.05) is 0 Å². The molecule has 0 aliphatic heterocycles. The van der Waals surface area contributed by atoms with Gasteiger partial charge in [0.2, 0.25) is 0 Å². The Balaban J connectivity index is 0.00000392. The summed E-state index contributed by atoms with van der Waals surface area (Å²) in [6.45, 7) is 2.25. The summed E-state index contributed by atoms with van der Waals surface area (Å²) in [7, 11) is 1.52. The van der Waals surface area contributed by atoms with Crippen LogP contribution in [0.3, 0.4) is 0 Å². The second-order valence-electron chi connectivity index (χ2n) is 6.35. The lowest BCUT2D eigenvalue weighted by atomic mass is 10.2. The first-order valence-electron chi connectivity index (χ1n) is 9.34. The number of methoxy groups -OCH3 is 1. The maximum atomic E-state index is 12.6. The molecule has 0 spiro atoms. The Labute approximate surface area is 182 Å². The fourth-order valence-electron chi connectivity index (χ4n) is 2.44. The van der Waals surface area contributed by atoms with Crippen molar-refractivity contribution in [2.75, 3.05) is 33.4 Å². The highest BCUT2D eigenvalue weighted by Gasteiger charge is 2.20. The van der Waals surface area contributed by atoms with Crippen molar-refractivity contribution in [1.29, 1.82) is 0 Å². The molecule has 2 N–H and O–H groups in total. The second-order valence-corrected chi connectivity index (χ2v) is 6.35. The van der Waals surface area contributed by atoms with E-state index in [1.807, 2.05) is 6.92 Å². The Bertz CT molecular complexity index is 602. The number of rotatable bonds is 12. The second kappa shape index (κ2) is 13.8. The maximum absolute atomic E-state index is 12.6. The molecule has 1 aromatic carbocycles. The van der Waals surface area contributed by atoms with Crippen LogP contribution in [0.1, 0.15) is 31.7 Å². The third-order valence-corrected chi connectivity index (χ3v) is 4.04. The number of hydrogen-bond donors (Lipinski definition) is 2. The van der Waals surface area contributed by atoms with E-state index in [1.165, 1.54) is 26.0 Å². The molecule has 28 heavy (non-hydrogen) atoms. The molecule has 0 aromatic heterocycles. The van der Waals surface area contributed by atoms with E-state index in [0.29, 0.717) is 30.4 Å². The fourth-order valence-corrected chi connectivity index (χ4v) is 2.44. The zero-order valence-corrected chi connectivity index (χ0v) is 18.7. The zero-order valence-electron chi connectivity index (χ0n) is 16.4. The predicted octanol–water partition coefficient (Wildman–Crippen LogP) is 3.79. The van der Waals surface area contributed by atoms with E-state index < -0.39 is 6.61 Å². The normalized spacial score (nSPS) is 13.8. The van der Waals surface area contributed by atoms with Gasteiger partial charge in [-0.2, -0.15) is 8.78 Å². The van der Waals surface area contributed by atoms with Crippen LogP contribution in [0.4, 0.5) is 8.78 Å². The Morgan fingerprint density at radius 3 is 2.71 bits per heavy atom. The van der Waals surface area contributed by atoms with Crippen molar-refractivity contribution in [2.24, 2.45) is 10.9 Å². The number of guanidine groups is 1. The summed E-state index contributed by atoms with van der Waals surface area (Å²) in [5.74, 6) is 2.04. The lowest BCUT2D eigenvalue weighted by Crippen LogP contribution is -2.38. The highest BCUT2D eigenvalue weighted by atomic mass is 127. The molecule has 0 atom stereocenters. The van der Waals surface area contributed by atoms with Crippen LogP contribution >= 0.6 is 24.0 Å². The molecule has 1 aliphatic rings. The molecule has 1 aliphatic carbocycles. The van der Waals surface area contributed by atoms with Gasteiger partial charge in [-0.05, 0) is 50.3 Å². The number of halogens is 3. The average molecular weight is 513 g/mol. The molecule has 0 radical (unpaired) electrons. The minimum Gasteiger partial charge on any atom is -0.497 e. The summed E-state index contributed by atoms with van der Waals surface area (Å²) >= 11 is 0. The number of aliphatic imine (C=N–C) groups is 1. The van der Waals surface area contributed by atoms with Crippen LogP contribution in [-0.4, -0.2) is 46.0 Å². The number of hydrogen-bond acceptors (Lipinski definition) is 4. The fraction of sp³-hybridized carbons (Fsp3) is 0.632. The van der Waals surface area contributed by atoms with Gasteiger partial charge in [-0.3, -0.25) is 0 Å². The van der Waals surface area contributed by atoms with Crippen LogP contribution < -0.4 is 20.1 Å². The largest absolute Gasteiger partial charge is 0.497 e. The van der Waals surface area contributed by atoms with Gasteiger partial charge in [0.1, 0.15) is 11.5 Å². The molecule has 1 aromatic rings. The zero-order chi connectivity index (χ0) is 19.5. The van der Waals surface area contributed by atoms with Crippen molar-refractivity contribution in [3.05, 3.63) is 23.8 Å². The monoisotopic (exact) mass is 513 g/mol. The van der Waals surface area contributed by atoms with Gasteiger partial charge in [0.15, 0.2) is 5.96 Å². The van der Waals surface area contributed by atoms with Crippen LogP contribution in [-0.2, 0) is 11.3 Å². The molecule has 0 bridgehead atoms. The van der Waals surface area contributed by atoms with E-state index in [1.54, 1.807) is 12.1 Å². The lowest BCUT2D eigenvalue weighted by molar-refractivity contribution is -0.0504. The number of ether oxygens (including phenoxy) is 3. The van der Waals surface area contributed by atoms with Crippen LogP contribution in [0, 0.1) is 5.92 Å². The summed E-state index contributed by atoms with van der Waals surface area (Å²) in [5, 5.41) is 6.36. The molecule has 0 saturated heterocycles. The van der Waals surface area contributed by atoms with E-state index in [-0.39, 0.29) is 36.3 Å². The van der Waals surface area contributed by atoms with E-state index in [2.05, 4.69) is 20.4 Å². The molecule has 0 heterocycles. The van der Waals surface area contributed by atoms with Gasteiger partial charge < -0.3 is 24.8 Å². The number of alkyl halides is 2. The summed E-state index contributed by atoms with van der Waals surface area (Å²) in [5.41, 5.74) is 0.527. The molecule has 2 rings (SSSR count). The molecule has 0 amide bonds. The smallest absolute Gasteiger partial charge is 0.387 e. The van der Waals surface area contributed by atoms with Crippen molar-refractivity contribution in [2.45, 2.75) is 39.3 Å². The minimum atomic E-state index is -2.89. The van der Waals surface area contributed by atoms with Gasteiger partial charge in [0.25, 0.3) is 0 Å². The molecular formula is C19H30F2IN3O3. The number of nitrogens with zero attached hydrogens (tertiary/aromatic N) is 1. The van der Waals surface area contributed by atoms with E-state index in [9.17, 15) is 8.78 Å². The Morgan fingerprint density at radius 2 is 2.07 bits per heavy atom. The van der Waals surface area contributed by atoms with Crippen molar-refractivity contribution >= 4 is 29.9 Å². The average Bonchev–Trinajstić information content (AvgIpc) is 3.47. The first-order valence-corrected chi connectivity index (χ1v) is 9.34. The maximum Gasteiger partial charge on any atom is 0.387 e. The molecule has 160 valence electrons. The molecule has 0 unspecified atom stereocenters. The van der Waals surface area contributed by atoms with Gasteiger partial charge >= 0.3 is 6.61 Å². The van der Waals surface area contributed by atoms with Crippen molar-refractivity contribution < 1.29 is 23.0 Å². The van der Waals surface area contributed by atoms with E-state index in [4.69, 9.17) is 9.47 Å². The molecule has 9 heteroatoms. The third-order valence-electron chi connectivity index (χ3n) is 4.04. The number of benzene rings is 1. The van der Waals surface area contributed by atoms with Gasteiger partial charge in [-0.25, -0.2) is 4.99 Å². The summed E-state index contributed by atoms with van der Waals surface area (Å²) in [4.78, 5) is 4.46. The SMILES string of the molecule is CCNC(=NCc1cc(OC)ccc1OC(F)F)NCCCOCC1CC1.I. The predicted molar refractivity (Wildman–Crippen MR) is 116 cm³/mol. The Morgan fingerprint density at radius 1 is 1.29 bits per heavy atom. The van der Waals surface area contributed by atoms with Crippen molar-refractivity contribution in [1.82, 2.24) is 10.6 Å². The first kappa shape index (κ1) is 24.7. The van der Waals surface area contributed by atoms with Gasteiger partial charge in [0, 0.05) is 31.9 Å². The molecular weight excluding hydrogens is 483 g/mol. The van der Waals surface area contributed by atoms with Gasteiger partial charge in [-0.15, -0.1) is 24.0 Å². The van der Waals surface area contributed by atoms with Crippen LogP contribution in [0.15, 0.2) is 23.2 Å². The lowest BCUT2D eigenvalue weighted by Gasteiger charge is -2.13. The van der Waals surface area contributed by atoms with Crippen LogP contribution in [0.2, 0.25) is 0 Å². The molecule has 1 fully saturated rings. The van der Waals surface area contributed by atoms with Crippen molar-refractivity contribution in [3.63, 3.8) is 0 Å². The number of nitrogens with one attached hydrogen (secondary N) is 2. The molecule has 6 nitrogen and oxygen atoms in total. The van der Waals surface area contributed by atoms with Gasteiger partial charge in [0.05, 0.1) is 13.7 Å².